The van der Waals surface area contributed by atoms with E-state index in [-0.39, 0.29) is 28.8 Å². The smallest absolute Gasteiger partial charge is 0.251 e. The molecule has 1 saturated heterocycles. The second-order valence-electron chi connectivity index (χ2n) is 7.14. The van der Waals surface area contributed by atoms with Crippen molar-refractivity contribution in [2.45, 2.75) is 43.7 Å². The number of halogens is 1. The highest BCUT2D eigenvalue weighted by Crippen LogP contribution is 2.25. The molecule has 156 valence electrons. The molecule has 1 N–H and O–H groups in total. The Kier molecular flexibility index (Phi) is 6.54. The van der Waals surface area contributed by atoms with Crippen LogP contribution in [0.2, 0.25) is 0 Å². The van der Waals surface area contributed by atoms with Crippen molar-refractivity contribution in [1.82, 2.24) is 9.62 Å². The molecule has 8 heteroatoms. The van der Waals surface area contributed by atoms with Crippen LogP contribution in [0, 0.1) is 5.82 Å². The molecule has 1 fully saturated rings. The van der Waals surface area contributed by atoms with Crippen LogP contribution in [0.4, 0.5) is 4.39 Å². The lowest BCUT2D eigenvalue weighted by Crippen LogP contribution is -2.42. The minimum absolute atomic E-state index is 0.0591. The van der Waals surface area contributed by atoms with Gasteiger partial charge in [-0.25, -0.2) is 12.8 Å². The van der Waals surface area contributed by atoms with Gasteiger partial charge in [0.2, 0.25) is 10.0 Å². The number of rotatable bonds is 6. The number of ether oxygens (including phenoxy) is 1. The lowest BCUT2D eigenvalue weighted by atomic mass is 10.1. The maximum absolute atomic E-state index is 13.8. The lowest BCUT2D eigenvalue weighted by molar-refractivity contribution is 0.0950. The summed E-state index contributed by atoms with van der Waals surface area (Å²) in [4.78, 5) is 12.6. The monoisotopic (exact) mass is 420 g/mol. The van der Waals surface area contributed by atoms with E-state index >= 15 is 0 Å². The van der Waals surface area contributed by atoms with E-state index in [1.165, 1.54) is 35.7 Å². The number of hydrogen-bond donors (Lipinski definition) is 1. The maximum Gasteiger partial charge on any atom is 0.251 e. The Morgan fingerprint density at radius 2 is 2.03 bits per heavy atom. The number of sulfonamides is 1. The number of nitrogens with zero attached hydrogens (tertiary/aromatic N) is 1. The van der Waals surface area contributed by atoms with Crippen LogP contribution in [-0.2, 0) is 16.6 Å². The van der Waals surface area contributed by atoms with Gasteiger partial charge in [0.05, 0.1) is 12.0 Å². The molecule has 0 radical (unpaired) electrons. The number of methoxy groups -OCH3 is 1. The maximum atomic E-state index is 13.8. The second kappa shape index (κ2) is 8.92. The number of amides is 1. The van der Waals surface area contributed by atoms with Crippen LogP contribution in [0.5, 0.6) is 5.75 Å². The summed E-state index contributed by atoms with van der Waals surface area (Å²) in [5.41, 5.74) is 0.812. The third kappa shape index (κ3) is 4.76. The standard InChI is InChI=1S/C21H25FN2O4S/c1-15-6-3-4-11-24(15)29(26,27)18-8-5-7-17(13-18)21(25)23-14-16-9-10-20(28-2)19(22)12-16/h5,7-10,12-13,15H,3-4,6,11,14H2,1-2H3,(H,23,25). The first-order chi connectivity index (χ1) is 13.8. The van der Waals surface area contributed by atoms with Crippen molar-refractivity contribution < 1.29 is 22.3 Å². The van der Waals surface area contributed by atoms with Gasteiger partial charge < -0.3 is 10.1 Å². The van der Waals surface area contributed by atoms with Gasteiger partial charge in [-0.1, -0.05) is 18.6 Å². The van der Waals surface area contributed by atoms with Crippen molar-refractivity contribution in [2.75, 3.05) is 13.7 Å². The molecule has 1 unspecified atom stereocenters. The first kappa shape index (κ1) is 21.3. The number of piperidine rings is 1. The van der Waals surface area contributed by atoms with Gasteiger partial charge in [0.15, 0.2) is 11.6 Å². The van der Waals surface area contributed by atoms with E-state index in [2.05, 4.69) is 5.32 Å². The van der Waals surface area contributed by atoms with E-state index < -0.39 is 21.7 Å². The average Bonchev–Trinajstić information content (AvgIpc) is 2.72. The third-order valence-corrected chi connectivity index (χ3v) is 7.12. The predicted octanol–water partition coefficient (Wildman–Crippen LogP) is 3.33. The first-order valence-electron chi connectivity index (χ1n) is 9.55. The Bertz CT molecular complexity index is 994. The summed E-state index contributed by atoms with van der Waals surface area (Å²) < 4.78 is 46.1. The second-order valence-corrected chi connectivity index (χ2v) is 9.03. The van der Waals surface area contributed by atoms with Crippen LogP contribution >= 0.6 is 0 Å². The minimum atomic E-state index is -3.66. The molecule has 0 saturated carbocycles. The Morgan fingerprint density at radius 1 is 1.24 bits per heavy atom. The number of hydrogen-bond acceptors (Lipinski definition) is 4. The molecule has 3 rings (SSSR count). The van der Waals surface area contributed by atoms with Crippen LogP contribution in [0.3, 0.4) is 0 Å². The fourth-order valence-corrected chi connectivity index (χ4v) is 5.21. The summed E-state index contributed by atoms with van der Waals surface area (Å²) in [6.07, 6.45) is 2.68. The Hall–Kier alpha value is -2.45. The molecule has 1 atom stereocenters. The van der Waals surface area contributed by atoms with Crippen molar-refractivity contribution in [3.8, 4) is 5.75 Å². The third-order valence-electron chi connectivity index (χ3n) is 5.11. The average molecular weight is 421 g/mol. The molecule has 1 heterocycles. The first-order valence-corrected chi connectivity index (χ1v) is 11.0. The number of carbonyl (C=O) groups excluding carboxylic acids is 1. The van der Waals surface area contributed by atoms with E-state index in [1.807, 2.05) is 6.92 Å². The Balaban J connectivity index is 1.73. The van der Waals surface area contributed by atoms with Crippen LogP contribution < -0.4 is 10.1 Å². The molecule has 1 aliphatic heterocycles. The van der Waals surface area contributed by atoms with Crippen molar-refractivity contribution in [3.05, 3.63) is 59.4 Å². The summed E-state index contributed by atoms with van der Waals surface area (Å²) in [5.74, 6) is -0.808. The van der Waals surface area contributed by atoms with E-state index in [0.29, 0.717) is 12.1 Å². The topological polar surface area (TPSA) is 75.7 Å². The fraction of sp³-hybridized carbons (Fsp3) is 0.381. The van der Waals surface area contributed by atoms with E-state index in [4.69, 9.17) is 4.74 Å². The molecule has 29 heavy (non-hydrogen) atoms. The normalized spacial score (nSPS) is 17.7. The molecule has 0 spiro atoms. The van der Waals surface area contributed by atoms with Crippen molar-refractivity contribution >= 4 is 15.9 Å². The van der Waals surface area contributed by atoms with Crippen LogP contribution in [0.1, 0.15) is 42.1 Å². The van der Waals surface area contributed by atoms with Crippen molar-refractivity contribution in [3.63, 3.8) is 0 Å². The molecule has 2 aromatic carbocycles. The Morgan fingerprint density at radius 3 is 2.72 bits per heavy atom. The van der Waals surface area contributed by atoms with Gasteiger partial charge in [-0.05, 0) is 55.7 Å². The molecule has 1 amide bonds. The number of nitrogens with one attached hydrogen (secondary N) is 1. The fourth-order valence-electron chi connectivity index (χ4n) is 3.47. The van der Waals surface area contributed by atoms with E-state index in [0.717, 1.165) is 19.3 Å². The quantitative estimate of drug-likeness (QED) is 0.778. The molecule has 1 aliphatic rings. The molecular formula is C21H25FN2O4S. The highest BCUT2D eigenvalue weighted by Gasteiger charge is 2.31. The Labute approximate surface area is 170 Å². The summed E-state index contributed by atoms with van der Waals surface area (Å²) in [7, 11) is -2.28. The number of benzene rings is 2. The van der Waals surface area contributed by atoms with Crippen LogP contribution in [-0.4, -0.2) is 38.3 Å². The zero-order chi connectivity index (χ0) is 21.0. The van der Waals surface area contributed by atoms with E-state index in [9.17, 15) is 17.6 Å². The molecule has 2 aromatic rings. The lowest BCUT2D eigenvalue weighted by Gasteiger charge is -2.32. The van der Waals surface area contributed by atoms with Gasteiger partial charge in [-0.15, -0.1) is 0 Å². The summed E-state index contributed by atoms with van der Waals surface area (Å²) in [6, 6.07) is 10.4. The molecule has 0 bridgehead atoms. The number of carbonyl (C=O) groups is 1. The van der Waals surface area contributed by atoms with Crippen molar-refractivity contribution in [1.29, 1.82) is 0 Å². The van der Waals surface area contributed by atoms with Gasteiger partial charge in [0.1, 0.15) is 0 Å². The van der Waals surface area contributed by atoms with Gasteiger partial charge in [0.25, 0.3) is 5.91 Å². The molecular weight excluding hydrogens is 395 g/mol. The van der Waals surface area contributed by atoms with Crippen molar-refractivity contribution in [2.24, 2.45) is 0 Å². The van der Waals surface area contributed by atoms with Gasteiger partial charge >= 0.3 is 0 Å². The van der Waals surface area contributed by atoms with Gasteiger partial charge in [-0.3, -0.25) is 4.79 Å². The highest BCUT2D eigenvalue weighted by atomic mass is 32.2. The zero-order valence-corrected chi connectivity index (χ0v) is 17.3. The SMILES string of the molecule is COc1ccc(CNC(=O)c2cccc(S(=O)(=O)N3CCCCC3C)c2)cc1F. The summed E-state index contributed by atoms with van der Waals surface area (Å²) >= 11 is 0. The van der Waals surface area contributed by atoms with Crippen LogP contribution in [0.25, 0.3) is 0 Å². The van der Waals surface area contributed by atoms with Gasteiger partial charge in [0, 0.05) is 24.7 Å². The zero-order valence-electron chi connectivity index (χ0n) is 16.5. The highest BCUT2D eigenvalue weighted by molar-refractivity contribution is 7.89. The molecule has 0 aliphatic carbocycles. The molecule has 6 nitrogen and oxygen atoms in total. The largest absolute Gasteiger partial charge is 0.494 e. The van der Waals surface area contributed by atoms with Crippen LogP contribution in [0.15, 0.2) is 47.4 Å². The van der Waals surface area contributed by atoms with E-state index in [1.54, 1.807) is 18.2 Å². The summed E-state index contributed by atoms with van der Waals surface area (Å²) in [6.45, 7) is 2.50. The molecule has 0 aromatic heterocycles. The van der Waals surface area contributed by atoms with Gasteiger partial charge in [-0.2, -0.15) is 4.31 Å². The minimum Gasteiger partial charge on any atom is -0.494 e. The predicted molar refractivity (Wildman–Crippen MR) is 108 cm³/mol. The summed E-state index contributed by atoms with van der Waals surface area (Å²) in [5, 5.41) is 2.69.